The first-order chi connectivity index (χ1) is 8.08. The summed E-state index contributed by atoms with van der Waals surface area (Å²) in [5.74, 6) is 1.22. The summed E-state index contributed by atoms with van der Waals surface area (Å²) in [6.07, 6.45) is 0.470. The third-order valence-corrected chi connectivity index (χ3v) is 2.40. The molecule has 0 aliphatic rings. The molecule has 98 valence electrons. The summed E-state index contributed by atoms with van der Waals surface area (Å²) in [7, 11) is 2.99. The molecule has 0 aliphatic heterocycles. The third kappa shape index (κ3) is 4.07. The van der Waals surface area contributed by atoms with Crippen LogP contribution in [0.5, 0.6) is 0 Å². The van der Waals surface area contributed by atoms with Crippen molar-refractivity contribution < 1.29 is 14.6 Å². The number of aliphatic hydroxyl groups is 1. The maximum Gasteiger partial charge on any atom is 0.183 e. The van der Waals surface area contributed by atoms with Gasteiger partial charge in [-0.25, -0.2) is 9.67 Å². The van der Waals surface area contributed by atoms with Gasteiger partial charge in [0.15, 0.2) is 6.29 Å². The quantitative estimate of drug-likeness (QED) is 0.704. The Kier molecular flexibility index (Phi) is 5.54. The zero-order chi connectivity index (χ0) is 12.8. The zero-order valence-electron chi connectivity index (χ0n) is 10.8. The molecule has 1 atom stereocenters. The number of aromatic nitrogens is 3. The van der Waals surface area contributed by atoms with Gasteiger partial charge in [-0.2, -0.15) is 5.10 Å². The first-order valence-corrected chi connectivity index (χ1v) is 5.68. The van der Waals surface area contributed by atoms with Gasteiger partial charge in [0.1, 0.15) is 18.3 Å². The molecule has 1 aromatic rings. The van der Waals surface area contributed by atoms with E-state index in [9.17, 15) is 5.11 Å². The molecule has 1 aromatic heterocycles. The van der Waals surface area contributed by atoms with E-state index >= 15 is 0 Å². The van der Waals surface area contributed by atoms with Gasteiger partial charge in [0.05, 0.1) is 0 Å². The average molecular weight is 243 g/mol. The summed E-state index contributed by atoms with van der Waals surface area (Å²) in [5, 5.41) is 14.0. The molecule has 0 spiro atoms. The van der Waals surface area contributed by atoms with E-state index in [-0.39, 0.29) is 0 Å². The van der Waals surface area contributed by atoms with Gasteiger partial charge < -0.3 is 14.6 Å². The molecule has 1 heterocycles. The Labute approximate surface area is 102 Å². The molecule has 0 fully saturated rings. The van der Waals surface area contributed by atoms with Crippen LogP contribution in [-0.4, -0.2) is 46.5 Å². The van der Waals surface area contributed by atoms with Gasteiger partial charge in [-0.3, -0.25) is 0 Å². The number of nitrogens with zero attached hydrogens (tertiary/aromatic N) is 3. The fraction of sp³-hybridized carbons (Fsp3) is 0.818. The number of rotatable bonds is 7. The molecule has 1 N–H and O–H groups in total. The first-order valence-electron chi connectivity index (χ1n) is 5.68. The molecular formula is C11H21N3O3. The van der Waals surface area contributed by atoms with Crippen LogP contribution in [0.4, 0.5) is 0 Å². The second-order valence-electron chi connectivity index (χ2n) is 4.36. The second kappa shape index (κ2) is 6.68. The van der Waals surface area contributed by atoms with E-state index in [0.717, 1.165) is 12.4 Å². The van der Waals surface area contributed by atoms with Crippen LogP contribution in [0.15, 0.2) is 6.33 Å². The summed E-state index contributed by atoms with van der Waals surface area (Å²) >= 11 is 0. The van der Waals surface area contributed by atoms with Crippen LogP contribution < -0.4 is 0 Å². The molecule has 0 aliphatic carbocycles. The molecule has 0 radical (unpaired) electrons. The molecular weight excluding hydrogens is 222 g/mol. The van der Waals surface area contributed by atoms with Crippen LogP contribution in [0.25, 0.3) is 0 Å². The first kappa shape index (κ1) is 14.1. The van der Waals surface area contributed by atoms with Crippen molar-refractivity contribution in [2.75, 3.05) is 14.2 Å². The standard InChI is InChI=1S/C11H21N3O3/c1-8(2)6-14-10(12-7-13-14)5-9(15)11(16-3)17-4/h7-9,11,15H,5-6H2,1-4H3. The molecule has 6 heteroatoms. The Balaban J connectivity index is 2.64. The van der Waals surface area contributed by atoms with Crippen molar-refractivity contribution >= 4 is 0 Å². The van der Waals surface area contributed by atoms with Crippen molar-refractivity contribution in [2.24, 2.45) is 5.92 Å². The molecule has 0 bridgehead atoms. The zero-order valence-corrected chi connectivity index (χ0v) is 10.8. The van der Waals surface area contributed by atoms with Crippen molar-refractivity contribution in [3.05, 3.63) is 12.2 Å². The lowest BCUT2D eigenvalue weighted by Crippen LogP contribution is -2.32. The summed E-state index contributed by atoms with van der Waals surface area (Å²) in [5.41, 5.74) is 0. The topological polar surface area (TPSA) is 69.4 Å². The Morgan fingerprint density at radius 1 is 1.35 bits per heavy atom. The van der Waals surface area contributed by atoms with E-state index in [4.69, 9.17) is 9.47 Å². The smallest absolute Gasteiger partial charge is 0.183 e. The lowest BCUT2D eigenvalue weighted by molar-refractivity contribution is -0.163. The fourth-order valence-corrected chi connectivity index (χ4v) is 1.64. The molecule has 0 amide bonds. The molecule has 17 heavy (non-hydrogen) atoms. The number of hydrogen-bond acceptors (Lipinski definition) is 5. The number of methoxy groups -OCH3 is 2. The van der Waals surface area contributed by atoms with Gasteiger partial charge in [0, 0.05) is 27.2 Å². The van der Waals surface area contributed by atoms with Crippen LogP contribution in [-0.2, 0) is 22.4 Å². The van der Waals surface area contributed by atoms with E-state index in [0.29, 0.717) is 12.3 Å². The summed E-state index contributed by atoms with van der Waals surface area (Å²) in [6.45, 7) is 5.00. The fourth-order valence-electron chi connectivity index (χ4n) is 1.64. The van der Waals surface area contributed by atoms with Gasteiger partial charge in [-0.15, -0.1) is 0 Å². The Bertz CT molecular complexity index is 324. The Morgan fingerprint density at radius 3 is 2.53 bits per heavy atom. The molecule has 0 saturated heterocycles. The Hall–Kier alpha value is -0.980. The van der Waals surface area contributed by atoms with Crippen LogP contribution in [0.1, 0.15) is 19.7 Å². The van der Waals surface area contributed by atoms with E-state index in [1.165, 1.54) is 20.5 Å². The number of hydrogen-bond donors (Lipinski definition) is 1. The number of aliphatic hydroxyl groups excluding tert-OH is 1. The van der Waals surface area contributed by atoms with E-state index < -0.39 is 12.4 Å². The molecule has 1 unspecified atom stereocenters. The molecule has 1 rings (SSSR count). The summed E-state index contributed by atoms with van der Waals surface area (Å²) in [6, 6.07) is 0. The van der Waals surface area contributed by atoms with Crippen LogP contribution in [0.3, 0.4) is 0 Å². The molecule has 0 aromatic carbocycles. The van der Waals surface area contributed by atoms with Crippen LogP contribution in [0.2, 0.25) is 0 Å². The second-order valence-corrected chi connectivity index (χ2v) is 4.36. The van der Waals surface area contributed by atoms with Gasteiger partial charge in [-0.05, 0) is 5.92 Å². The van der Waals surface area contributed by atoms with Gasteiger partial charge in [-0.1, -0.05) is 13.8 Å². The van der Waals surface area contributed by atoms with Crippen molar-refractivity contribution in [2.45, 2.75) is 39.2 Å². The summed E-state index contributed by atoms with van der Waals surface area (Å²) < 4.78 is 11.8. The van der Waals surface area contributed by atoms with Crippen molar-refractivity contribution in [1.29, 1.82) is 0 Å². The van der Waals surface area contributed by atoms with Crippen LogP contribution in [0, 0.1) is 5.92 Å². The lowest BCUT2D eigenvalue weighted by Gasteiger charge is -2.19. The molecule has 6 nitrogen and oxygen atoms in total. The van der Waals surface area contributed by atoms with Crippen molar-refractivity contribution in [3.8, 4) is 0 Å². The van der Waals surface area contributed by atoms with Gasteiger partial charge in [0.25, 0.3) is 0 Å². The minimum absolute atomic E-state index is 0.360. The highest BCUT2D eigenvalue weighted by Crippen LogP contribution is 2.08. The predicted octanol–water partition coefficient (Wildman–Crippen LogP) is 0.456. The Morgan fingerprint density at radius 2 is 2.00 bits per heavy atom. The highest BCUT2D eigenvalue weighted by atomic mass is 16.7. The van der Waals surface area contributed by atoms with E-state index in [2.05, 4.69) is 23.9 Å². The minimum atomic E-state index is -0.750. The predicted molar refractivity (Wildman–Crippen MR) is 62.4 cm³/mol. The average Bonchev–Trinajstić information content (AvgIpc) is 2.66. The van der Waals surface area contributed by atoms with Crippen LogP contribution >= 0.6 is 0 Å². The van der Waals surface area contributed by atoms with Crippen molar-refractivity contribution in [1.82, 2.24) is 14.8 Å². The van der Waals surface area contributed by atoms with Crippen molar-refractivity contribution in [3.63, 3.8) is 0 Å². The maximum atomic E-state index is 9.91. The third-order valence-electron chi connectivity index (χ3n) is 2.40. The lowest BCUT2D eigenvalue weighted by atomic mass is 10.2. The van der Waals surface area contributed by atoms with E-state index in [1.807, 2.05) is 0 Å². The largest absolute Gasteiger partial charge is 0.387 e. The maximum absolute atomic E-state index is 9.91. The minimum Gasteiger partial charge on any atom is -0.387 e. The normalized spacial score (nSPS) is 13.6. The van der Waals surface area contributed by atoms with E-state index in [1.54, 1.807) is 4.68 Å². The highest BCUT2D eigenvalue weighted by molar-refractivity contribution is 4.88. The monoisotopic (exact) mass is 243 g/mol. The highest BCUT2D eigenvalue weighted by Gasteiger charge is 2.21. The SMILES string of the molecule is COC(OC)C(O)Cc1ncnn1CC(C)C. The number of ether oxygens (including phenoxy) is 2. The summed E-state index contributed by atoms with van der Waals surface area (Å²) in [4.78, 5) is 4.14. The van der Waals surface area contributed by atoms with Gasteiger partial charge in [0.2, 0.25) is 0 Å². The van der Waals surface area contributed by atoms with Gasteiger partial charge >= 0.3 is 0 Å². The molecule has 0 saturated carbocycles.